The highest BCUT2D eigenvalue weighted by Gasteiger charge is 2.21. The van der Waals surface area contributed by atoms with Crippen molar-refractivity contribution >= 4 is 27.5 Å². The van der Waals surface area contributed by atoms with Crippen LogP contribution in [-0.2, 0) is 4.79 Å². The van der Waals surface area contributed by atoms with E-state index in [-0.39, 0.29) is 17.6 Å². The molecule has 1 fully saturated rings. The number of carbonyl (C=O) groups is 1. The van der Waals surface area contributed by atoms with Gasteiger partial charge in [0.05, 0.1) is 4.47 Å². The fraction of sp³-hybridized carbons (Fsp3) is 0.462. The summed E-state index contributed by atoms with van der Waals surface area (Å²) in [6, 6.07) is 5.07. The lowest BCUT2D eigenvalue weighted by Gasteiger charge is -2.20. The molecule has 0 aromatic heterocycles. The summed E-state index contributed by atoms with van der Waals surface area (Å²) >= 11 is 3.21. The highest BCUT2D eigenvalue weighted by molar-refractivity contribution is 9.10. The Bertz CT molecular complexity index is 414. The SMILES string of the molecule is O=C(Nc1ccc(Br)c(O)c1)C1CCCCC1. The molecule has 17 heavy (non-hydrogen) atoms. The van der Waals surface area contributed by atoms with Crippen LogP contribution in [-0.4, -0.2) is 11.0 Å². The zero-order valence-electron chi connectivity index (χ0n) is 9.58. The van der Waals surface area contributed by atoms with Gasteiger partial charge in [0.1, 0.15) is 5.75 Å². The van der Waals surface area contributed by atoms with Crippen molar-refractivity contribution in [3.8, 4) is 5.75 Å². The highest BCUT2D eigenvalue weighted by atomic mass is 79.9. The summed E-state index contributed by atoms with van der Waals surface area (Å²) in [5.41, 5.74) is 0.654. The van der Waals surface area contributed by atoms with Crippen LogP contribution >= 0.6 is 15.9 Å². The van der Waals surface area contributed by atoms with E-state index in [2.05, 4.69) is 21.2 Å². The minimum absolute atomic E-state index is 0.0754. The Morgan fingerprint density at radius 3 is 2.65 bits per heavy atom. The fourth-order valence-electron chi connectivity index (χ4n) is 2.20. The molecule has 1 amide bonds. The number of nitrogens with one attached hydrogen (secondary N) is 1. The number of halogens is 1. The first-order chi connectivity index (χ1) is 8.16. The summed E-state index contributed by atoms with van der Waals surface area (Å²) in [6.45, 7) is 0. The van der Waals surface area contributed by atoms with E-state index in [1.54, 1.807) is 18.2 Å². The number of hydrogen-bond acceptors (Lipinski definition) is 2. The first kappa shape index (κ1) is 12.4. The van der Waals surface area contributed by atoms with Gasteiger partial charge in [-0.25, -0.2) is 0 Å². The van der Waals surface area contributed by atoms with Crippen molar-refractivity contribution in [2.45, 2.75) is 32.1 Å². The molecule has 1 aliphatic rings. The molecule has 1 aromatic carbocycles. The lowest BCUT2D eigenvalue weighted by Crippen LogP contribution is -2.24. The summed E-state index contributed by atoms with van der Waals surface area (Å²) < 4.78 is 0.633. The zero-order chi connectivity index (χ0) is 12.3. The Balaban J connectivity index is 1.99. The maximum Gasteiger partial charge on any atom is 0.227 e. The normalized spacial score (nSPS) is 16.8. The molecule has 0 heterocycles. The van der Waals surface area contributed by atoms with Crippen LogP contribution in [0.15, 0.2) is 22.7 Å². The standard InChI is InChI=1S/C13H16BrNO2/c14-11-7-6-10(8-12(11)16)15-13(17)9-4-2-1-3-5-9/h6-9,16H,1-5H2,(H,15,17). The molecule has 2 N–H and O–H groups in total. The van der Waals surface area contributed by atoms with Crippen molar-refractivity contribution in [2.75, 3.05) is 5.32 Å². The average molecular weight is 298 g/mol. The lowest BCUT2D eigenvalue weighted by molar-refractivity contribution is -0.120. The number of aromatic hydroxyl groups is 1. The van der Waals surface area contributed by atoms with Crippen LogP contribution in [0.5, 0.6) is 5.75 Å². The fourth-order valence-corrected chi connectivity index (χ4v) is 2.45. The van der Waals surface area contributed by atoms with E-state index in [0.717, 1.165) is 25.7 Å². The first-order valence-electron chi connectivity index (χ1n) is 5.96. The molecule has 1 aliphatic carbocycles. The van der Waals surface area contributed by atoms with E-state index < -0.39 is 0 Å². The van der Waals surface area contributed by atoms with E-state index in [4.69, 9.17) is 0 Å². The molecule has 0 aliphatic heterocycles. The number of rotatable bonds is 2. The number of hydrogen-bond donors (Lipinski definition) is 2. The Morgan fingerprint density at radius 1 is 1.29 bits per heavy atom. The van der Waals surface area contributed by atoms with Crippen LogP contribution in [0.25, 0.3) is 0 Å². The monoisotopic (exact) mass is 297 g/mol. The molecular weight excluding hydrogens is 282 g/mol. The van der Waals surface area contributed by atoms with Crippen molar-refractivity contribution in [3.05, 3.63) is 22.7 Å². The number of phenols is 1. The number of carbonyl (C=O) groups excluding carboxylic acids is 1. The van der Waals surface area contributed by atoms with Crippen molar-refractivity contribution in [1.29, 1.82) is 0 Å². The van der Waals surface area contributed by atoms with Crippen molar-refractivity contribution < 1.29 is 9.90 Å². The van der Waals surface area contributed by atoms with Gasteiger partial charge in [0.15, 0.2) is 0 Å². The molecular formula is C13H16BrNO2. The Kier molecular flexibility index (Phi) is 4.05. The predicted octanol–water partition coefficient (Wildman–Crippen LogP) is 3.67. The molecule has 0 bridgehead atoms. The van der Waals surface area contributed by atoms with Crippen LogP contribution in [0.2, 0.25) is 0 Å². The summed E-state index contributed by atoms with van der Waals surface area (Å²) in [5, 5.41) is 12.4. The summed E-state index contributed by atoms with van der Waals surface area (Å²) in [6.07, 6.45) is 5.49. The Labute approximate surface area is 109 Å². The second-order valence-electron chi connectivity index (χ2n) is 4.49. The highest BCUT2D eigenvalue weighted by Crippen LogP contribution is 2.28. The van der Waals surface area contributed by atoms with Crippen molar-refractivity contribution in [2.24, 2.45) is 5.92 Å². The van der Waals surface area contributed by atoms with E-state index in [1.807, 2.05) is 0 Å². The third kappa shape index (κ3) is 3.22. The predicted molar refractivity (Wildman–Crippen MR) is 71.0 cm³/mol. The average Bonchev–Trinajstić information content (AvgIpc) is 2.35. The largest absolute Gasteiger partial charge is 0.507 e. The molecule has 1 aromatic rings. The molecule has 0 unspecified atom stereocenters. The van der Waals surface area contributed by atoms with E-state index >= 15 is 0 Å². The molecule has 0 radical (unpaired) electrons. The minimum atomic E-state index is 0.0754. The van der Waals surface area contributed by atoms with Crippen LogP contribution in [0.3, 0.4) is 0 Å². The number of amides is 1. The molecule has 4 heteroatoms. The third-order valence-corrected chi connectivity index (χ3v) is 3.86. The molecule has 0 saturated heterocycles. The number of benzene rings is 1. The van der Waals surface area contributed by atoms with Gasteiger partial charge in [-0.1, -0.05) is 19.3 Å². The van der Waals surface area contributed by atoms with Gasteiger partial charge in [0.25, 0.3) is 0 Å². The van der Waals surface area contributed by atoms with Gasteiger partial charge in [0.2, 0.25) is 5.91 Å². The molecule has 3 nitrogen and oxygen atoms in total. The number of anilines is 1. The van der Waals surface area contributed by atoms with Gasteiger partial charge in [0, 0.05) is 17.7 Å². The van der Waals surface area contributed by atoms with Crippen molar-refractivity contribution in [3.63, 3.8) is 0 Å². The van der Waals surface area contributed by atoms with E-state index in [9.17, 15) is 9.90 Å². The van der Waals surface area contributed by atoms with Crippen LogP contribution in [0, 0.1) is 5.92 Å². The van der Waals surface area contributed by atoms with Gasteiger partial charge in [-0.2, -0.15) is 0 Å². The maximum atomic E-state index is 12.0. The van der Waals surface area contributed by atoms with E-state index in [1.165, 1.54) is 6.42 Å². The first-order valence-corrected chi connectivity index (χ1v) is 6.75. The molecule has 0 atom stereocenters. The molecule has 1 saturated carbocycles. The van der Waals surface area contributed by atoms with Gasteiger partial charge < -0.3 is 10.4 Å². The second kappa shape index (κ2) is 5.54. The van der Waals surface area contributed by atoms with Gasteiger partial charge >= 0.3 is 0 Å². The molecule has 0 spiro atoms. The molecule has 2 rings (SSSR count). The van der Waals surface area contributed by atoms with Gasteiger partial charge in [-0.3, -0.25) is 4.79 Å². The van der Waals surface area contributed by atoms with Gasteiger partial charge in [-0.05, 0) is 40.9 Å². The maximum absolute atomic E-state index is 12.0. The third-order valence-electron chi connectivity index (χ3n) is 3.19. The Hall–Kier alpha value is -1.03. The van der Waals surface area contributed by atoms with Crippen LogP contribution in [0.4, 0.5) is 5.69 Å². The second-order valence-corrected chi connectivity index (χ2v) is 5.34. The minimum Gasteiger partial charge on any atom is -0.507 e. The van der Waals surface area contributed by atoms with Crippen molar-refractivity contribution in [1.82, 2.24) is 0 Å². The summed E-state index contributed by atoms with van der Waals surface area (Å²) in [7, 11) is 0. The van der Waals surface area contributed by atoms with Gasteiger partial charge in [-0.15, -0.1) is 0 Å². The van der Waals surface area contributed by atoms with E-state index in [0.29, 0.717) is 10.2 Å². The van der Waals surface area contributed by atoms with Crippen LogP contribution < -0.4 is 5.32 Å². The lowest BCUT2D eigenvalue weighted by atomic mass is 9.88. The summed E-state index contributed by atoms with van der Waals surface area (Å²) in [5.74, 6) is 0.354. The molecule has 92 valence electrons. The quantitative estimate of drug-likeness (QED) is 0.875. The smallest absolute Gasteiger partial charge is 0.227 e. The van der Waals surface area contributed by atoms with Crippen LogP contribution in [0.1, 0.15) is 32.1 Å². The Morgan fingerprint density at radius 2 is 2.00 bits per heavy atom. The summed E-state index contributed by atoms with van der Waals surface area (Å²) in [4.78, 5) is 12.0. The zero-order valence-corrected chi connectivity index (χ0v) is 11.2. The number of phenolic OH excluding ortho intramolecular Hbond substituents is 1. The topological polar surface area (TPSA) is 49.3 Å².